The number of nitrogens with one attached hydrogen (secondary N) is 2. The van der Waals surface area contributed by atoms with Crippen molar-refractivity contribution in [1.29, 1.82) is 0 Å². The van der Waals surface area contributed by atoms with E-state index in [-0.39, 0.29) is 5.91 Å². The lowest BCUT2D eigenvalue weighted by molar-refractivity contribution is -0.142. The van der Waals surface area contributed by atoms with Crippen molar-refractivity contribution in [2.75, 3.05) is 18.8 Å². The molecular formula is C27H55N3O3S. The maximum atomic E-state index is 12.4. The molecule has 0 spiro atoms. The van der Waals surface area contributed by atoms with Gasteiger partial charge in [0.1, 0.15) is 6.04 Å². The van der Waals surface area contributed by atoms with Gasteiger partial charge in [0.15, 0.2) is 0 Å². The topological polar surface area (TPSA) is 104 Å². The van der Waals surface area contributed by atoms with Gasteiger partial charge in [0.25, 0.3) is 0 Å². The van der Waals surface area contributed by atoms with Gasteiger partial charge in [-0.05, 0) is 38.8 Å². The third-order valence-electron chi connectivity index (χ3n) is 6.48. The second kappa shape index (κ2) is 25.3. The summed E-state index contributed by atoms with van der Waals surface area (Å²) in [5.41, 5.74) is 5.46. The first kappa shape index (κ1) is 33.2. The summed E-state index contributed by atoms with van der Waals surface area (Å²) in [5, 5.41) is 15.2. The largest absolute Gasteiger partial charge is 0.480 e. The second-order valence-electron chi connectivity index (χ2n) is 9.68. The summed E-state index contributed by atoms with van der Waals surface area (Å²) in [6.07, 6.45) is 23.2. The monoisotopic (exact) mass is 501 g/mol. The summed E-state index contributed by atoms with van der Waals surface area (Å²) in [6.45, 7) is 3.55. The molecule has 34 heavy (non-hydrogen) atoms. The highest BCUT2D eigenvalue weighted by atomic mass is 32.1. The zero-order valence-electron chi connectivity index (χ0n) is 22.0. The number of rotatable bonds is 26. The van der Waals surface area contributed by atoms with E-state index in [2.05, 4.69) is 30.2 Å². The Morgan fingerprint density at radius 2 is 1.21 bits per heavy atom. The third-order valence-corrected chi connectivity index (χ3v) is 6.85. The van der Waals surface area contributed by atoms with Crippen LogP contribution < -0.4 is 16.4 Å². The molecule has 0 aromatic carbocycles. The summed E-state index contributed by atoms with van der Waals surface area (Å²) in [4.78, 5) is 23.8. The molecule has 7 heteroatoms. The van der Waals surface area contributed by atoms with Crippen molar-refractivity contribution in [3.05, 3.63) is 0 Å². The van der Waals surface area contributed by atoms with E-state index in [9.17, 15) is 14.7 Å². The molecule has 0 aliphatic heterocycles. The van der Waals surface area contributed by atoms with Crippen molar-refractivity contribution in [3.63, 3.8) is 0 Å². The Bertz CT molecular complexity index is 480. The lowest BCUT2D eigenvalue weighted by Gasteiger charge is -2.20. The molecule has 6 nitrogen and oxygen atoms in total. The molecule has 5 N–H and O–H groups in total. The highest BCUT2D eigenvalue weighted by Gasteiger charge is 2.23. The van der Waals surface area contributed by atoms with E-state index in [1.807, 2.05) is 0 Å². The van der Waals surface area contributed by atoms with Gasteiger partial charge in [0, 0.05) is 5.75 Å². The van der Waals surface area contributed by atoms with Gasteiger partial charge in [-0.3, -0.25) is 4.79 Å². The molecule has 0 aromatic rings. The van der Waals surface area contributed by atoms with Crippen molar-refractivity contribution in [3.8, 4) is 0 Å². The first-order valence-electron chi connectivity index (χ1n) is 14.1. The minimum absolute atomic E-state index is 0.286. The van der Waals surface area contributed by atoms with Gasteiger partial charge in [0.05, 0.1) is 6.04 Å². The highest BCUT2D eigenvalue weighted by molar-refractivity contribution is 7.80. The fourth-order valence-corrected chi connectivity index (χ4v) is 4.51. The average molecular weight is 502 g/mol. The fraction of sp³-hybridized carbons (Fsp3) is 0.926. The first-order chi connectivity index (χ1) is 16.6. The van der Waals surface area contributed by atoms with E-state index in [1.165, 1.54) is 89.9 Å². The molecule has 0 radical (unpaired) electrons. The molecule has 0 rings (SSSR count). The van der Waals surface area contributed by atoms with Gasteiger partial charge in [-0.1, -0.05) is 103 Å². The zero-order chi connectivity index (χ0) is 25.3. The number of carbonyl (C=O) groups excluding carboxylic acids is 1. The average Bonchev–Trinajstić information content (AvgIpc) is 2.82. The van der Waals surface area contributed by atoms with Crippen LogP contribution in [0.3, 0.4) is 0 Å². The SMILES string of the molecule is CCCCCCCCCCCCCCCCCCN[C@H](CS)C(=O)N[C@H](CCCCN)C(=O)O. The number of carbonyl (C=O) groups is 2. The molecule has 0 fully saturated rings. The number of thiol groups is 1. The highest BCUT2D eigenvalue weighted by Crippen LogP contribution is 2.13. The van der Waals surface area contributed by atoms with Gasteiger partial charge < -0.3 is 21.5 Å². The fourth-order valence-electron chi connectivity index (χ4n) is 4.21. The lowest BCUT2D eigenvalue weighted by Crippen LogP contribution is -2.51. The van der Waals surface area contributed by atoms with Crippen LogP contribution in [-0.4, -0.2) is 47.9 Å². The molecule has 0 saturated carbocycles. The summed E-state index contributed by atoms with van der Waals surface area (Å²) < 4.78 is 0. The number of nitrogens with two attached hydrogens (primary N) is 1. The van der Waals surface area contributed by atoms with Gasteiger partial charge in [-0.25, -0.2) is 4.79 Å². The Kier molecular flexibility index (Phi) is 24.7. The van der Waals surface area contributed by atoms with Crippen molar-refractivity contribution in [2.45, 2.75) is 141 Å². The van der Waals surface area contributed by atoms with Crippen LogP contribution in [0, 0.1) is 0 Å². The third kappa shape index (κ3) is 20.6. The van der Waals surface area contributed by atoms with E-state index < -0.39 is 18.1 Å². The van der Waals surface area contributed by atoms with E-state index >= 15 is 0 Å². The Morgan fingerprint density at radius 3 is 1.62 bits per heavy atom. The maximum absolute atomic E-state index is 12.4. The van der Waals surface area contributed by atoms with Crippen LogP contribution in [0.2, 0.25) is 0 Å². The van der Waals surface area contributed by atoms with E-state index in [4.69, 9.17) is 5.73 Å². The van der Waals surface area contributed by atoms with Gasteiger partial charge in [-0.15, -0.1) is 0 Å². The van der Waals surface area contributed by atoms with Crippen LogP contribution in [0.1, 0.15) is 129 Å². The minimum Gasteiger partial charge on any atom is -0.480 e. The number of amides is 1. The molecule has 0 heterocycles. The number of unbranched alkanes of at least 4 members (excludes halogenated alkanes) is 16. The van der Waals surface area contributed by atoms with E-state index in [0.717, 1.165) is 25.8 Å². The van der Waals surface area contributed by atoms with Gasteiger partial charge >= 0.3 is 5.97 Å². The molecule has 2 atom stereocenters. The van der Waals surface area contributed by atoms with Crippen molar-refractivity contribution < 1.29 is 14.7 Å². The molecule has 0 aromatic heterocycles. The quantitative estimate of drug-likeness (QED) is 0.0757. The normalized spacial score (nSPS) is 13.0. The first-order valence-corrected chi connectivity index (χ1v) is 14.8. The summed E-state index contributed by atoms with van der Waals surface area (Å²) >= 11 is 4.26. The van der Waals surface area contributed by atoms with Crippen molar-refractivity contribution in [1.82, 2.24) is 10.6 Å². The summed E-state index contributed by atoms with van der Waals surface area (Å²) in [6, 6.07) is -1.32. The predicted molar refractivity (Wildman–Crippen MR) is 148 cm³/mol. The van der Waals surface area contributed by atoms with E-state index in [1.54, 1.807) is 0 Å². The molecular weight excluding hydrogens is 446 g/mol. The number of hydrogen-bond acceptors (Lipinski definition) is 5. The molecule has 0 aliphatic rings. The van der Waals surface area contributed by atoms with Crippen molar-refractivity contribution in [2.24, 2.45) is 5.73 Å². The molecule has 0 unspecified atom stereocenters. The number of carboxylic acids is 1. The summed E-state index contributed by atoms with van der Waals surface area (Å²) in [5.74, 6) is -0.937. The Balaban J connectivity index is 3.64. The number of hydrogen-bond donors (Lipinski definition) is 5. The maximum Gasteiger partial charge on any atom is 0.326 e. The molecule has 202 valence electrons. The Labute approximate surface area is 215 Å². The van der Waals surface area contributed by atoms with Crippen LogP contribution in [0.5, 0.6) is 0 Å². The van der Waals surface area contributed by atoms with Gasteiger partial charge in [0.2, 0.25) is 5.91 Å². The Morgan fingerprint density at radius 1 is 0.735 bits per heavy atom. The van der Waals surface area contributed by atoms with Crippen LogP contribution in [0.15, 0.2) is 0 Å². The standard InChI is InChI=1S/C27H55N3O3S/c1-2-3-4-5-6-7-8-9-10-11-12-13-14-15-16-19-22-29-25(23-34)26(31)30-24(27(32)33)20-17-18-21-28/h24-25,29,34H,2-23,28H2,1H3,(H,30,31)(H,32,33)/t24-,25-/m1/s1. The number of aliphatic carboxylic acids is 1. The molecule has 0 bridgehead atoms. The van der Waals surface area contributed by atoms with Crippen LogP contribution in [0.4, 0.5) is 0 Å². The second-order valence-corrected chi connectivity index (χ2v) is 10.0. The minimum atomic E-state index is -0.999. The van der Waals surface area contributed by atoms with Crippen LogP contribution >= 0.6 is 12.6 Å². The molecule has 1 amide bonds. The van der Waals surface area contributed by atoms with E-state index in [0.29, 0.717) is 25.1 Å². The molecule has 0 aliphatic carbocycles. The van der Waals surface area contributed by atoms with Gasteiger partial charge in [-0.2, -0.15) is 12.6 Å². The van der Waals surface area contributed by atoms with Crippen LogP contribution in [-0.2, 0) is 9.59 Å². The smallest absolute Gasteiger partial charge is 0.326 e. The van der Waals surface area contributed by atoms with Crippen molar-refractivity contribution >= 4 is 24.5 Å². The van der Waals surface area contributed by atoms with Crippen LogP contribution in [0.25, 0.3) is 0 Å². The number of carboxylic acid groups (broad SMARTS) is 1. The predicted octanol–water partition coefficient (Wildman–Crippen LogP) is 5.83. The lowest BCUT2D eigenvalue weighted by atomic mass is 10.0. The summed E-state index contributed by atoms with van der Waals surface area (Å²) in [7, 11) is 0. The zero-order valence-corrected chi connectivity index (χ0v) is 22.9. The molecule has 0 saturated heterocycles. The Hall–Kier alpha value is -0.790.